The fourth-order valence-electron chi connectivity index (χ4n) is 4.60. The lowest BCUT2D eigenvalue weighted by molar-refractivity contribution is -0.122. The molecule has 2 fully saturated rings. The number of amides is 3. The summed E-state index contributed by atoms with van der Waals surface area (Å²) in [6.45, 7) is 10.4. The van der Waals surface area contributed by atoms with E-state index in [-0.39, 0.29) is 17.9 Å². The normalized spacial score (nSPS) is 25.1. The molecule has 0 aromatic heterocycles. The Morgan fingerprint density at radius 2 is 1.86 bits per heavy atom. The lowest BCUT2D eigenvalue weighted by Gasteiger charge is -2.49. The lowest BCUT2D eigenvalue weighted by atomic mass is 9.96. The topological polar surface area (TPSA) is 59.1 Å². The van der Waals surface area contributed by atoms with Crippen LogP contribution in [0.4, 0.5) is 10.5 Å². The minimum absolute atomic E-state index is 0.00692. The summed E-state index contributed by atoms with van der Waals surface area (Å²) in [5, 5.41) is 3.05. The van der Waals surface area contributed by atoms with Gasteiger partial charge in [-0.2, -0.15) is 0 Å². The number of carbonyl (C=O) groups is 2. The first-order valence-electron chi connectivity index (χ1n) is 10.8. The van der Waals surface area contributed by atoms with E-state index in [0.29, 0.717) is 12.6 Å². The van der Waals surface area contributed by atoms with Crippen LogP contribution < -0.4 is 5.32 Å². The molecule has 0 aliphatic carbocycles. The second-order valence-electron chi connectivity index (χ2n) is 8.79. The highest BCUT2D eigenvalue weighted by atomic mass is 16.2. The van der Waals surface area contributed by atoms with Gasteiger partial charge in [0.1, 0.15) is 6.04 Å². The van der Waals surface area contributed by atoms with Crippen LogP contribution in [0.15, 0.2) is 24.3 Å². The van der Waals surface area contributed by atoms with Crippen LogP contribution in [0.25, 0.3) is 0 Å². The van der Waals surface area contributed by atoms with Gasteiger partial charge in [-0.3, -0.25) is 9.69 Å². The number of rotatable bonds is 3. The Labute approximate surface area is 173 Å². The number of carbonyl (C=O) groups excluding carboxylic acids is 2. The van der Waals surface area contributed by atoms with Gasteiger partial charge in [-0.25, -0.2) is 4.79 Å². The lowest BCUT2D eigenvalue weighted by Crippen LogP contribution is -2.66. The number of nitrogens with one attached hydrogen (secondary N) is 1. The fourth-order valence-corrected chi connectivity index (χ4v) is 4.60. The maximum absolute atomic E-state index is 13.4. The highest BCUT2D eigenvalue weighted by Gasteiger charge is 2.42. The Bertz CT molecular complexity index is 755. The van der Waals surface area contributed by atoms with Crippen LogP contribution in [-0.4, -0.2) is 89.9 Å². The summed E-state index contributed by atoms with van der Waals surface area (Å²) >= 11 is 0. The SMILES string of the molecule is CCC(C)C1C(=O)Nc2ccccc2CN1C(=O)N1CC(N2CCN(C)CC2)C1. The number of benzene rings is 1. The Kier molecular flexibility index (Phi) is 5.79. The molecule has 0 saturated carbocycles. The molecule has 7 nitrogen and oxygen atoms in total. The van der Waals surface area contributed by atoms with E-state index >= 15 is 0 Å². The van der Waals surface area contributed by atoms with Crippen molar-refractivity contribution in [2.45, 2.75) is 38.9 Å². The number of hydrogen-bond donors (Lipinski definition) is 1. The van der Waals surface area contributed by atoms with Crippen LogP contribution in [-0.2, 0) is 11.3 Å². The maximum Gasteiger partial charge on any atom is 0.321 e. The number of para-hydroxylation sites is 1. The van der Waals surface area contributed by atoms with E-state index in [2.05, 4.69) is 36.0 Å². The first-order valence-corrected chi connectivity index (χ1v) is 10.8. The first kappa shape index (κ1) is 20.2. The standard InChI is InChI=1S/C22H33N5O2/c1-4-16(2)20-21(28)23-19-8-6-5-7-17(19)13-27(20)22(29)26-14-18(15-26)25-11-9-24(3)10-12-25/h5-8,16,18,20H,4,9-15H2,1-3H3,(H,23,28). The third kappa shape index (κ3) is 3.98. The third-order valence-electron chi connectivity index (χ3n) is 6.84. The molecule has 4 rings (SSSR count). The van der Waals surface area contributed by atoms with Crippen molar-refractivity contribution in [3.05, 3.63) is 29.8 Å². The number of likely N-dealkylation sites (tertiary alicyclic amines) is 1. The number of hydrogen-bond acceptors (Lipinski definition) is 4. The zero-order valence-electron chi connectivity index (χ0n) is 17.8. The summed E-state index contributed by atoms with van der Waals surface area (Å²) < 4.78 is 0. The molecule has 3 aliphatic heterocycles. The van der Waals surface area contributed by atoms with Gasteiger partial charge in [0.05, 0.1) is 6.54 Å². The number of urea groups is 1. The molecule has 1 N–H and O–H groups in total. The number of piperazine rings is 1. The molecule has 3 aliphatic rings. The molecule has 3 amide bonds. The van der Waals surface area contributed by atoms with Crippen molar-refractivity contribution in [2.24, 2.45) is 5.92 Å². The second kappa shape index (κ2) is 8.32. The van der Waals surface area contributed by atoms with E-state index < -0.39 is 6.04 Å². The summed E-state index contributed by atoms with van der Waals surface area (Å²) in [5.74, 6) is 0.0248. The molecule has 0 radical (unpaired) electrons. The van der Waals surface area contributed by atoms with Gasteiger partial charge in [-0.15, -0.1) is 0 Å². The Hall–Kier alpha value is -2.12. The number of anilines is 1. The van der Waals surface area contributed by atoms with Gasteiger partial charge >= 0.3 is 6.03 Å². The highest BCUT2D eigenvalue weighted by Crippen LogP contribution is 2.29. The maximum atomic E-state index is 13.4. The average molecular weight is 400 g/mol. The molecule has 158 valence electrons. The zero-order valence-corrected chi connectivity index (χ0v) is 17.8. The van der Waals surface area contributed by atoms with Gasteiger partial charge in [-0.05, 0) is 24.6 Å². The molecule has 2 unspecified atom stereocenters. The van der Waals surface area contributed by atoms with Crippen LogP contribution in [0.3, 0.4) is 0 Å². The van der Waals surface area contributed by atoms with Crippen LogP contribution in [0.1, 0.15) is 25.8 Å². The highest BCUT2D eigenvalue weighted by molar-refractivity contribution is 5.99. The van der Waals surface area contributed by atoms with Crippen molar-refractivity contribution in [1.29, 1.82) is 0 Å². The largest absolute Gasteiger partial charge is 0.324 e. The zero-order chi connectivity index (χ0) is 20.5. The van der Waals surface area contributed by atoms with Crippen molar-refractivity contribution in [3.8, 4) is 0 Å². The van der Waals surface area contributed by atoms with Crippen LogP contribution in [0.2, 0.25) is 0 Å². The smallest absolute Gasteiger partial charge is 0.321 e. The van der Waals surface area contributed by atoms with E-state index in [1.807, 2.05) is 29.2 Å². The van der Waals surface area contributed by atoms with Crippen molar-refractivity contribution in [1.82, 2.24) is 19.6 Å². The Morgan fingerprint density at radius 3 is 2.55 bits per heavy atom. The van der Waals surface area contributed by atoms with Gasteiger partial charge in [0.15, 0.2) is 0 Å². The van der Waals surface area contributed by atoms with Crippen LogP contribution in [0.5, 0.6) is 0 Å². The average Bonchev–Trinajstić information content (AvgIpc) is 2.83. The van der Waals surface area contributed by atoms with Gasteiger partial charge in [-0.1, -0.05) is 38.5 Å². The minimum Gasteiger partial charge on any atom is -0.324 e. The van der Waals surface area contributed by atoms with Crippen molar-refractivity contribution >= 4 is 17.6 Å². The van der Waals surface area contributed by atoms with E-state index in [4.69, 9.17) is 0 Å². The Morgan fingerprint density at radius 1 is 1.17 bits per heavy atom. The van der Waals surface area contributed by atoms with Gasteiger partial charge in [0, 0.05) is 51.0 Å². The molecular weight excluding hydrogens is 366 g/mol. The number of likely N-dealkylation sites (N-methyl/N-ethyl adjacent to an activating group) is 1. The molecule has 29 heavy (non-hydrogen) atoms. The molecule has 2 atom stereocenters. The minimum atomic E-state index is -0.442. The predicted octanol–water partition coefficient (Wildman–Crippen LogP) is 1.91. The van der Waals surface area contributed by atoms with Crippen molar-refractivity contribution in [2.75, 3.05) is 51.6 Å². The second-order valence-corrected chi connectivity index (χ2v) is 8.79. The van der Waals surface area contributed by atoms with Crippen LogP contribution in [0, 0.1) is 5.92 Å². The molecule has 0 bridgehead atoms. The van der Waals surface area contributed by atoms with Gasteiger partial charge in [0.2, 0.25) is 5.91 Å². The number of nitrogens with zero attached hydrogens (tertiary/aromatic N) is 4. The third-order valence-corrected chi connectivity index (χ3v) is 6.84. The van der Waals surface area contributed by atoms with Gasteiger partial charge in [0.25, 0.3) is 0 Å². The van der Waals surface area contributed by atoms with E-state index in [1.165, 1.54) is 0 Å². The molecule has 1 aromatic carbocycles. The fraction of sp³-hybridized carbons (Fsp3) is 0.636. The van der Waals surface area contributed by atoms with Gasteiger partial charge < -0.3 is 20.0 Å². The molecule has 7 heteroatoms. The summed E-state index contributed by atoms with van der Waals surface area (Å²) in [6.07, 6.45) is 0.849. The molecular formula is C22H33N5O2. The molecule has 1 aromatic rings. The van der Waals surface area contributed by atoms with E-state index in [0.717, 1.165) is 56.9 Å². The summed E-state index contributed by atoms with van der Waals surface area (Å²) in [5.41, 5.74) is 1.82. The van der Waals surface area contributed by atoms with Crippen molar-refractivity contribution < 1.29 is 9.59 Å². The summed E-state index contributed by atoms with van der Waals surface area (Å²) in [4.78, 5) is 35.0. The summed E-state index contributed by atoms with van der Waals surface area (Å²) in [6, 6.07) is 7.80. The first-order chi connectivity index (χ1) is 14.0. The summed E-state index contributed by atoms with van der Waals surface area (Å²) in [7, 11) is 2.16. The molecule has 0 spiro atoms. The molecule has 3 heterocycles. The van der Waals surface area contributed by atoms with E-state index in [9.17, 15) is 9.59 Å². The quantitative estimate of drug-likeness (QED) is 0.844. The molecule has 2 saturated heterocycles. The van der Waals surface area contributed by atoms with Crippen molar-refractivity contribution in [3.63, 3.8) is 0 Å². The Balaban J connectivity index is 1.48. The van der Waals surface area contributed by atoms with E-state index in [1.54, 1.807) is 4.90 Å². The number of fused-ring (bicyclic) bond motifs is 1. The van der Waals surface area contributed by atoms with Crippen LogP contribution >= 0.6 is 0 Å². The predicted molar refractivity (Wildman–Crippen MR) is 114 cm³/mol. The monoisotopic (exact) mass is 399 g/mol.